The van der Waals surface area contributed by atoms with E-state index >= 15 is 0 Å². The van der Waals surface area contributed by atoms with Crippen molar-refractivity contribution in [3.05, 3.63) is 68.1 Å². The summed E-state index contributed by atoms with van der Waals surface area (Å²) in [6.07, 6.45) is 4.00. The van der Waals surface area contributed by atoms with E-state index in [9.17, 15) is 0 Å². The maximum atomic E-state index is 6.44. The van der Waals surface area contributed by atoms with Gasteiger partial charge in [-0.05, 0) is 53.6 Å². The third kappa shape index (κ3) is 3.00. The largest absolute Gasteiger partial charge is 0.320 e. The lowest BCUT2D eigenvalue weighted by atomic mass is 9.79. The Kier molecular flexibility index (Phi) is 4.29. The summed E-state index contributed by atoms with van der Waals surface area (Å²) in [4.78, 5) is 0. The molecule has 0 aliphatic heterocycles. The van der Waals surface area contributed by atoms with Crippen molar-refractivity contribution in [1.82, 2.24) is 0 Å². The summed E-state index contributed by atoms with van der Waals surface area (Å²) < 4.78 is 2.10. The van der Waals surface area contributed by atoms with Gasteiger partial charge in [0, 0.05) is 8.95 Å². The predicted molar refractivity (Wildman–Crippen MR) is 90.9 cm³/mol. The second-order valence-corrected chi connectivity index (χ2v) is 7.31. The first kappa shape index (κ1) is 14.3. The molecule has 3 rings (SSSR count). The third-order valence-electron chi connectivity index (χ3n) is 4.09. The van der Waals surface area contributed by atoms with E-state index in [1.807, 2.05) is 6.07 Å². The van der Waals surface area contributed by atoms with Gasteiger partial charge in [-0.25, -0.2) is 0 Å². The van der Waals surface area contributed by atoms with Crippen molar-refractivity contribution in [1.29, 1.82) is 0 Å². The van der Waals surface area contributed by atoms with E-state index in [2.05, 4.69) is 68.3 Å². The van der Waals surface area contributed by atoms with Gasteiger partial charge in [0.2, 0.25) is 0 Å². The predicted octanol–water partition coefficient (Wildman–Crippen LogP) is 5.53. The average molecular weight is 395 g/mol. The first-order valence-corrected chi connectivity index (χ1v) is 8.53. The first-order chi connectivity index (χ1) is 9.63. The van der Waals surface area contributed by atoms with Crippen molar-refractivity contribution in [2.24, 2.45) is 5.73 Å². The molecule has 1 aliphatic carbocycles. The molecule has 0 radical (unpaired) electrons. The van der Waals surface area contributed by atoms with Gasteiger partial charge in [0.15, 0.2) is 0 Å². The molecule has 1 unspecified atom stereocenters. The van der Waals surface area contributed by atoms with E-state index in [4.69, 9.17) is 5.73 Å². The van der Waals surface area contributed by atoms with Gasteiger partial charge in [0.05, 0.1) is 6.04 Å². The van der Waals surface area contributed by atoms with Crippen molar-refractivity contribution in [3.63, 3.8) is 0 Å². The van der Waals surface area contributed by atoms with E-state index < -0.39 is 0 Å². The average Bonchev–Trinajstić information content (AvgIpc) is 2.35. The summed E-state index contributed by atoms with van der Waals surface area (Å²) in [5, 5.41) is 0. The molecule has 1 fully saturated rings. The summed E-state index contributed by atoms with van der Waals surface area (Å²) in [5.74, 6) is 0.747. The monoisotopic (exact) mass is 393 g/mol. The summed E-state index contributed by atoms with van der Waals surface area (Å²) in [6, 6.07) is 14.9. The zero-order valence-electron chi connectivity index (χ0n) is 11.2. The summed E-state index contributed by atoms with van der Waals surface area (Å²) in [7, 11) is 0. The molecule has 2 N–H and O–H groups in total. The van der Waals surface area contributed by atoms with Crippen LogP contribution in [0, 0.1) is 0 Å². The highest BCUT2D eigenvalue weighted by Crippen LogP contribution is 2.37. The number of benzene rings is 2. The molecule has 1 aliphatic rings. The smallest absolute Gasteiger partial charge is 0.0552 e. The number of rotatable bonds is 3. The lowest BCUT2D eigenvalue weighted by molar-refractivity contribution is 0.419. The number of nitrogens with two attached hydrogens (primary N) is 1. The second-order valence-electron chi connectivity index (χ2n) is 5.48. The molecule has 2 aromatic carbocycles. The molecule has 3 heteroatoms. The van der Waals surface area contributed by atoms with Crippen molar-refractivity contribution in [2.45, 2.75) is 31.2 Å². The lowest BCUT2D eigenvalue weighted by Gasteiger charge is -2.26. The minimum Gasteiger partial charge on any atom is -0.320 e. The van der Waals surface area contributed by atoms with Crippen LogP contribution in [0.25, 0.3) is 0 Å². The van der Waals surface area contributed by atoms with E-state index in [1.54, 1.807) is 0 Å². The molecule has 20 heavy (non-hydrogen) atoms. The van der Waals surface area contributed by atoms with Crippen molar-refractivity contribution >= 4 is 31.9 Å². The molecule has 1 saturated carbocycles. The molecule has 104 valence electrons. The molecule has 1 atom stereocenters. The van der Waals surface area contributed by atoms with Crippen LogP contribution in [0.15, 0.2) is 51.4 Å². The summed E-state index contributed by atoms with van der Waals surface area (Å²) in [5.41, 5.74) is 10.2. The Morgan fingerprint density at radius 3 is 2.25 bits per heavy atom. The first-order valence-electron chi connectivity index (χ1n) is 6.95. The van der Waals surface area contributed by atoms with Gasteiger partial charge in [-0.1, -0.05) is 62.5 Å². The lowest BCUT2D eigenvalue weighted by Crippen LogP contribution is -2.14. The molecule has 2 aromatic rings. The number of hydrogen-bond acceptors (Lipinski definition) is 1. The van der Waals surface area contributed by atoms with Gasteiger partial charge in [0.25, 0.3) is 0 Å². The molecule has 0 bridgehead atoms. The van der Waals surface area contributed by atoms with E-state index in [0.717, 1.165) is 20.4 Å². The highest BCUT2D eigenvalue weighted by molar-refractivity contribution is 9.11. The van der Waals surface area contributed by atoms with Crippen LogP contribution in [-0.2, 0) is 0 Å². The van der Waals surface area contributed by atoms with E-state index in [1.165, 1.54) is 30.4 Å². The Morgan fingerprint density at radius 1 is 0.950 bits per heavy atom. The maximum absolute atomic E-state index is 6.44. The van der Waals surface area contributed by atoms with Crippen LogP contribution in [0.2, 0.25) is 0 Å². The highest BCUT2D eigenvalue weighted by atomic mass is 79.9. The molecule has 0 spiro atoms. The minimum absolute atomic E-state index is 0.0798. The highest BCUT2D eigenvalue weighted by Gasteiger charge is 2.20. The Morgan fingerprint density at radius 2 is 1.65 bits per heavy atom. The fourth-order valence-corrected chi connectivity index (χ4v) is 4.02. The molecule has 0 saturated heterocycles. The summed E-state index contributed by atoms with van der Waals surface area (Å²) in [6.45, 7) is 0. The SMILES string of the molecule is NC(c1cc(Br)cc(Br)c1)c1cccc(C2CCC2)c1. The number of hydrogen-bond donors (Lipinski definition) is 1. The Labute approximate surface area is 136 Å². The van der Waals surface area contributed by atoms with E-state index in [0.29, 0.717) is 0 Å². The fraction of sp³-hybridized carbons (Fsp3) is 0.294. The molecule has 0 amide bonds. The van der Waals surface area contributed by atoms with Crippen LogP contribution >= 0.6 is 31.9 Å². The van der Waals surface area contributed by atoms with Gasteiger partial charge in [-0.15, -0.1) is 0 Å². The minimum atomic E-state index is -0.0798. The van der Waals surface area contributed by atoms with Crippen LogP contribution in [0.5, 0.6) is 0 Å². The normalized spacial score (nSPS) is 16.8. The molecular formula is C17H17Br2N. The van der Waals surface area contributed by atoms with Gasteiger partial charge >= 0.3 is 0 Å². The van der Waals surface area contributed by atoms with Crippen molar-refractivity contribution < 1.29 is 0 Å². The standard InChI is InChI=1S/C17H17Br2N/c18-15-8-14(9-16(19)10-15)17(20)13-6-2-5-12(7-13)11-3-1-4-11/h2,5-11,17H,1,3-4,20H2. The van der Waals surface area contributed by atoms with Crippen LogP contribution < -0.4 is 5.73 Å². The zero-order valence-corrected chi connectivity index (χ0v) is 14.3. The van der Waals surface area contributed by atoms with Gasteiger partial charge < -0.3 is 5.73 Å². The van der Waals surface area contributed by atoms with Crippen LogP contribution in [0.1, 0.15) is 47.9 Å². The molecule has 0 aromatic heterocycles. The van der Waals surface area contributed by atoms with Crippen LogP contribution in [-0.4, -0.2) is 0 Å². The Balaban J connectivity index is 1.91. The summed E-state index contributed by atoms with van der Waals surface area (Å²) >= 11 is 7.05. The van der Waals surface area contributed by atoms with Crippen LogP contribution in [0.3, 0.4) is 0 Å². The van der Waals surface area contributed by atoms with Gasteiger partial charge in [-0.2, -0.15) is 0 Å². The van der Waals surface area contributed by atoms with Crippen LogP contribution in [0.4, 0.5) is 0 Å². The van der Waals surface area contributed by atoms with Gasteiger partial charge in [-0.3, -0.25) is 0 Å². The third-order valence-corrected chi connectivity index (χ3v) is 5.01. The Bertz CT molecular complexity index is 600. The number of halogens is 2. The van der Waals surface area contributed by atoms with E-state index in [-0.39, 0.29) is 6.04 Å². The molecule has 0 heterocycles. The zero-order chi connectivity index (χ0) is 14.1. The fourth-order valence-electron chi connectivity index (χ4n) is 2.70. The van der Waals surface area contributed by atoms with Crippen molar-refractivity contribution in [3.8, 4) is 0 Å². The molecular weight excluding hydrogens is 378 g/mol. The quantitative estimate of drug-likeness (QED) is 0.727. The second kappa shape index (κ2) is 6.00. The Hall–Kier alpha value is -0.640. The topological polar surface area (TPSA) is 26.0 Å². The van der Waals surface area contributed by atoms with Crippen molar-refractivity contribution in [2.75, 3.05) is 0 Å². The maximum Gasteiger partial charge on any atom is 0.0552 e. The molecule has 1 nitrogen and oxygen atoms in total. The van der Waals surface area contributed by atoms with Gasteiger partial charge in [0.1, 0.15) is 0 Å².